The number of ether oxygens (including phenoxy) is 2. The lowest BCUT2D eigenvalue weighted by molar-refractivity contribution is -0.157. The summed E-state index contributed by atoms with van der Waals surface area (Å²) >= 11 is 0. The number of nitrogens with one attached hydrogen (secondary N) is 4. The number of piperidine rings is 1. The van der Waals surface area contributed by atoms with Crippen molar-refractivity contribution >= 4 is 70.8 Å². The van der Waals surface area contributed by atoms with E-state index in [1.54, 1.807) is 98.8 Å². The quantitative estimate of drug-likeness (QED) is 0.143. The van der Waals surface area contributed by atoms with Crippen LogP contribution in [0.1, 0.15) is 131 Å². The van der Waals surface area contributed by atoms with Gasteiger partial charge in [-0.25, -0.2) is 19.6 Å². The number of rotatable bonds is 7. The van der Waals surface area contributed by atoms with E-state index in [0.717, 1.165) is 17.4 Å². The minimum atomic E-state index is -1.68. The van der Waals surface area contributed by atoms with E-state index in [4.69, 9.17) is 13.9 Å². The number of carbonyl (C=O) groups excluding carboxylic acids is 12. The number of fused-ring (bicyclic) bond motifs is 5. The van der Waals surface area contributed by atoms with Gasteiger partial charge in [0.15, 0.2) is 17.4 Å². The molecule has 8 amide bonds. The molecule has 6 N–H and O–H groups in total. The number of benzene rings is 2. The summed E-state index contributed by atoms with van der Waals surface area (Å²) in [6.07, 6.45) is 9.72. The van der Waals surface area contributed by atoms with E-state index < -0.39 is 119 Å². The second kappa shape index (κ2) is 34.0. The Morgan fingerprint density at radius 3 is 2.22 bits per heavy atom. The third-order valence-electron chi connectivity index (χ3n) is 17.4. The fraction of sp³-hybridized carbons (Fsp3) is 0.437. The van der Waals surface area contributed by atoms with Gasteiger partial charge in [-0.2, -0.15) is 0 Å². The molecule has 98 heavy (non-hydrogen) atoms. The maximum atomic E-state index is 14.8. The fourth-order valence-electron chi connectivity index (χ4n) is 12.2. The molecule has 9 rings (SSSR count). The number of aromatic hydroxyl groups is 1. The van der Waals surface area contributed by atoms with Crippen molar-refractivity contribution < 1.29 is 81.6 Å². The van der Waals surface area contributed by atoms with Gasteiger partial charge in [0.1, 0.15) is 71.7 Å². The van der Waals surface area contributed by atoms with Crippen LogP contribution in [0, 0.1) is 11.8 Å². The van der Waals surface area contributed by atoms with Crippen LogP contribution in [0.5, 0.6) is 5.75 Å². The first-order valence-corrected chi connectivity index (χ1v) is 32.8. The number of aliphatic hydroxyl groups excluding tert-OH is 1. The number of ketones is 2. The van der Waals surface area contributed by atoms with Crippen LogP contribution in [0.2, 0.25) is 0 Å². The summed E-state index contributed by atoms with van der Waals surface area (Å²) in [6, 6.07) is 11.7. The number of nitrogens with zero attached hydrogens (tertiary/aromatic N) is 6. The second-order valence-corrected chi connectivity index (χ2v) is 25.0. The zero-order chi connectivity index (χ0) is 70.9. The topological polar surface area (TPSA) is 364 Å². The monoisotopic (exact) mass is 1350 g/mol. The molecule has 3 fully saturated rings. The lowest BCUT2D eigenvalue weighted by atomic mass is 9.94. The van der Waals surface area contributed by atoms with Gasteiger partial charge in [0, 0.05) is 71.0 Å². The molecule has 0 radical (unpaired) electrons. The number of oxazole rings is 1. The zero-order valence-electron chi connectivity index (χ0n) is 55.8. The summed E-state index contributed by atoms with van der Waals surface area (Å²) in [4.78, 5) is 177. The molecule has 0 aliphatic carbocycles. The highest BCUT2D eigenvalue weighted by Gasteiger charge is 2.46. The summed E-state index contributed by atoms with van der Waals surface area (Å²) in [5.41, 5.74) is 1.37. The van der Waals surface area contributed by atoms with Gasteiger partial charge in [-0.3, -0.25) is 47.9 Å². The van der Waals surface area contributed by atoms with Crippen LogP contribution < -0.4 is 21.3 Å². The molecule has 2 bridgehead atoms. The SMILES string of the molecule is CC1=C\[C@@H](O)CC(=O)Cc2nc(co2)C(=O)N2CCC=C2C(=O)OC(C(C)C)[C@H](C)/C=C/C(=O)NC\C=C\1.CC[C@H]1NC(=O)[C@@H](NC(=O)c2ncccc2O)[C@@H](C)OC(=O)[C@H](c2ccccc2)NC(=O)[C@@H]2CC(=O)CCN2C(=O)[C@H](Cc2ccccc2)N(C)C(=O)[C@@H]2CCCN2C1=O. The third kappa shape index (κ3) is 18.8. The molecule has 10 atom stereocenters. The second-order valence-electron chi connectivity index (χ2n) is 25.0. The highest BCUT2D eigenvalue weighted by atomic mass is 16.6. The van der Waals surface area contributed by atoms with E-state index in [-0.39, 0.29) is 123 Å². The number of hydrogen-bond donors (Lipinski definition) is 6. The Morgan fingerprint density at radius 2 is 1.52 bits per heavy atom. The Bertz CT molecular complexity index is 3750. The summed E-state index contributed by atoms with van der Waals surface area (Å²) in [6.45, 7) is 11.0. The van der Waals surface area contributed by atoms with Crippen LogP contribution in [0.4, 0.5) is 0 Å². The molecule has 0 spiro atoms. The summed E-state index contributed by atoms with van der Waals surface area (Å²) in [5.74, 6) is -8.36. The Balaban J connectivity index is 0.000000277. The molecular weight excluding hydrogens is 1260 g/mol. The van der Waals surface area contributed by atoms with Gasteiger partial charge in [-0.15, -0.1) is 0 Å². The summed E-state index contributed by atoms with van der Waals surface area (Å²) in [7, 11) is 1.47. The number of cyclic esters (lactones) is 2. The number of pyridine rings is 1. The largest absolute Gasteiger partial charge is 0.505 e. The van der Waals surface area contributed by atoms with E-state index in [2.05, 4.69) is 31.2 Å². The first kappa shape index (κ1) is 73.4. The Labute approximate surface area is 567 Å². The molecule has 5 aliphatic rings. The van der Waals surface area contributed by atoms with Crippen molar-refractivity contribution in [2.75, 3.05) is 33.2 Å². The van der Waals surface area contributed by atoms with Crippen molar-refractivity contribution in [2.24, 2.45) is 11.8 Å². The predicted molar refractivity (Wildman–Crippen MR) is 352 cm³/mol. The lowest BCUT2D eigenvalue weighted by Gasteiger charge is -2.40. The molecule has 3 saturated heterocycles. The van der Waals surface area contributed by atoms with Crippen molar-refractivity contribution in [3.63, 3.8) is 0 Å². The van der Waals surface area contributed by atoms with Crippen LogP contribution in [-0.2, 0) is 70.3 Å². The molecule has 0 saturated carbocycles. The number of amides is 8. The normalized spacial score (nSPS) is 26.7. The number of Topliss-reactive ketones (excluding diaryl/α,β-unsaturated/α-hetero) is 2. The maximum Gasteiger partial charge on any atom is 0.355 e. The molecule has 2 aromatic carbocycles. The van der Waals surface area contributed by atoms with Crippen LogP contribution in [0.3, 0.4) is 0 Å². The number of hydrogen-bond acceptors (Lipinski definition) is 19. The Kier molecular flexibility index (Phi) is 25.4. The zero-order valence-corrected chi connectivity index (χ0v) is 55.8. The fourth-order valence-corrected chi connectivity index (χ4v) is 12.2. The molecule has 7 heterocycles. The summed E-state index contributed by atoms with van der Waals surface area (Å²) < 4.78 is 17.0. The van der Waals surface area contributed by atoms with Gasteiger partial charge < -0.3 is 65.0 Å². The Morgan fingerprint density at radius 1 is 0.806 bits per heavy atom. The van der Waals surface area contributed by atoms with Crippen molar-refractivity contribution in [3.8, 4) is 5.75 Å². The molecule has 5 aliphatic heterocycles. The number of likely N-dealkylation sites (N-methyl/N-ethyl adjacent to an activating group) is 1. The van der Waals surface area contributed by atoms with Gasteiger partial charge >= 0.3 is 11.9 Å². The minimum absolute atomic E-state index is 0.0315. The maximum absolute atomic E-state index is 14.8. The van der Waals surface area contributed by atoms with Crippen LogP contribution in [0.25, 0.3) is 0 Å². The van der Waals surface area contributed by atoms with Crippen molar-refractivity contribution in [1.29, 1.82) is 0 Å². The highest BCUT2D eigenvalue weighted by molar-refractivity contribution is 6.02. The van der Waals surface area contributed by atoms with E-state index >= 15 is 0 Å². The molecule has 27 heteroatoms. The number of carbonyl (C=O) groups is 12. The van der Waals surface area contributed by atoms with Crippen LogP contribution >= 0.6 is 0 Å². The van der Waals surface area contributed by atoms with Crippen molar-refractivity contribution in [2.45, 2.75) is 154 Å². The van der Waals surface area contributed by atoms with Crippen LogP contribution in [-0.4, -0.2) is 192 Å². The van der Waals surface area contributed by atoms with E-state index in [0.29, 0.717) is 12.8 Å². The number of aromatic nitrogens is 2. The average molecular weight is 1350 g/mol. The van der Waals surface area contributed by atoms with Crippen molar-refractivity contribution in [3.05, 3.63) is 161 Å². The van der Waals surface area contributed by atoms with Crippen LogP contribution in [0.15, 0.2) is 137 Å². The Hall–Kier alpha value is -10.4. The van der Waals surface area contributed by atoms with E-state index in [1.165, 1.54) is 58.0 Å². The smallest absolute Gasteiger partial charge is 0.355 e. The molecule has 2 aromatic heterocycles. The van der Waals surface area contributed by atoms with Gasteiger partial charge in [0.2, 0.25) is 41.3 Å². The third-order valence-corrected chi connectivity index (χ3v) is 17.4. The number of allylic oxidation sites excluding steroid dienone is 2. The number of esters is 2. The molecule has 27 nitrogen and oxygen atoms in total. The number of aliphatic hydroxyl groups is 1. The van der Waals surface area contributed by atoms with Gasteiger partial charge in [0.05, 0.1) is 12.5 Å². The average Bonchev–Trinajstić information content (AvgIpc) is 1.08. The summed E-state index contributed by atoms with van der Waals surface area (Å²) in [5, 5.41) is 31.2. The molecular formula is C71H84N10O17. The minimum Gasteiger partial charge on any atom is -0.505 e. The van der Waals surface area contributed by atoms with Gasteiger partial charge in [0.25, 0.3) is 11.8 Å². The standard InChI is InChI=1S/C43H49N7O10.C28H35N3O7/c1-4-29-40(56)49-21-12-17-30(49)41(57)48(3)32(23-26-13-7-5-8-14-26)42(58)50-22-19-28(51)24-31(50)37(53)47-35(27-15-9-6-10-16-27)43(59)60-25(2)34(38(54)45-29)46-39(55)36-33(52)18-11-20-44-36;1-17(2)26-19(4)9-10-24(34)29-11-5-7-18(3)13-20(32)14-21(33)15-25-30-22(16-37-25)27(35)31-12-6-8-23(31)28(36)38-26/h5-11,13-16,18,20,25,29-32,34-35,52H,4,12,17,19,21-24H2,1-3H3,(H,45,54)(H,46,55)(H,47,53);5,7-10,13,16-17,19-20,26,32H,6,11-12,14-15H2,1-4H3,(H,29,34)/b;7-5+,10-9+,18-13+/t25-,29-,30+,31+,32+,34+,35+;19-,20-,26?/m11/s1. The van der Waals surface area contributed by atoms with Crippen molar-refractivity contribution in [1.82, 2.24) is 50.8 Å². The first-order chi connectivity index (χ1) is 46.8. The van der Waals surface area contributed by atoms with Gasteiger partial charge in [-0.05, 0) is 74.8 Å². The predicted octanol–water partition coefficient (Wildman–Crippen LogP) is 3.86. The highest BCUT2D eigenvalue weighted by Crippen LogP contribution is 2.29. The first-order valence-electron chi connectivity index (χ1n) is 32.8. The molecule has 520 valence electrons. The molecule has 1 unspecified atom stereocenters. The van der Waals surface area contributed by atoms with E-state index in [9.17, 15) is 67.7 Å². The van der Waals surface area contributed by atoms with E-state index in [1.807, 2.05) is 26.8 Å². The lowest BCUT2D eigenvalue weighted by Crippen LogP contribution is -2.61. The molecule has 4 aromatic rings. The van der Waals surface area contributed by atoms with Gasteiger partial charge in [-0.1, -0.05) is 124 Å².